The molecule has 0 aliphatic heterocycles. The first-order valence-corrected chi connectivity index (χ1v) is 18.2. The van der Waals surface area contributed by atoms with Crippen LogP contribution in [0.5, 0.6) is 0 Å². The molecule has 5 aromatic rings. The molecule has 0 spiro atoms. The van der Waals surface area contributed by atoms with E-state index in [1.165, 1.54) is 25.7 Å². The quantitative estimate of drug-likeness (QED) is 0.0635. The average molecular weight is 764 g/mol. The van der Waals surface area contributed by atoms with Crippen LogP contribution in [-0.2, 0) is 40.0 Å². The van der Waals surface area contributed by atoms with Crippen LogP contribution < -0.4 is 0 Å². The monoisotopic (exact) mass is 763 g/mol. The molecule has 6 N–H and O–H groups in total. The third-order valence-corrected chi connectivity index (χ3v) is 8.80. The molecular weight excluding hydrogens is 711 g/mol. The topological polar surface area (TPSA) is 195 Å². The summed E-state index contributed by atoms with van der Waals surface area (Å²) >= 11 is 14.9. The Labute approximate surface area is 314 Å². The van der Waals surface area contributed by atoms with E-state index in [4.69, 9.17) is 52.0 Å². The van der Waals surface area contributed by atoms with Crippen LogP contribution in [0.2, 0.25) is 0 Å². The van der Waals surface area contributed by atoms with Gasteiger partial charge in [0.15, 0.2) is 31.8 Å². The second kappa shape index (κ2) is 24.5. The van der Waals surface area contributed by atoms with Gasteiger partial charge in [0.25, 0.3) is 0 Å². The maximum atomic E-state index is 9.07. The fourth-order valence-corrected chi connectivity index (χ4v) is 5.32. The molecule has 0 aliphatic rings. The van der Waals surface area contributed by atoms with Gasteiger partial charge in [-0.1, -0.05) is 64.7 Å². The summed E-state index contributed by atoms with van der Waals surface area (Å²) in [5.74, 6) is 2.53. The van der Waals surface area contributed by atoms with Crippen molar-refractivity contribution in [2.24, 2.45) is 7.05 Å². The van der Waals surface area contributed by atoms with Crippen molar-refractivity contribution in [3.05, 3.63) is 74.3 Å². The number of aromatic amines is 3. The van der Waals surface area contributed by atoms with Gasteiger partial charge in [-0.3, -0.25) is 19.9 Å². The van der Waals surface area contributed by atoms with Crippen LogP contribution >= 0.6 is 36.7 Å². The van der Waals surface area contributed by atoms with Crippen molar-refractivity contribution in [1.82, 2.24) is 64.0 Å². The standard InChI is InChI=1S/C10H19N3OS.C10H11N3O.C8H16N4S.C4H7N3OS/c1-2-3-4-5-6-7-13-9(8-14)11-12-10(13)15;1-8-11-12-10(7-14)13(8)9-5-3-2-4-6-9;1-3-11(4-2)5-6-12-7-9-10-8(12)13;1-7-3(2-8)5-6-4(7)9/h14H,2-8H2,1H3,(H,12,15);2-6,14H,7H2,1H3;7H,3-6H2,1-2H3,(H,10,13);8H,2H2,1H3,(H,6,9). The lowest BCUT2D eigenvalue weighted by Gasteiger charge is -2.17. The highest BCUT2D eigenvalue weighted by molar-refractivity contribution is 7.71. The van der Waals surface area contributed by atoms with Gasteiger partial charge in [0.05, 0.1) is 0 Å². The molecule has 51 heavy (non-hydrogen) atoms. The van der Waals surface area contributed by atoms with E-state index in [0.29, 0.717) is 31.8 Å². The number of aromatic nitrogens is 12. The Morgan fingerprint density at radius 1 is 0.725 bits per heavy atom. The van der Waals surface area contributed by atoms with Crippen molar-refractivity contribution >= 4 is 36.7 Å². The van der Waals surface area contributed by atoms with E-state index in [0.717, 1.165) is 50.7 Å². The lowest BCUT2D eigenvalue weighted by molar-refractivity contribution is 0.263. The maximum absolute atomic E-state index is 9.07. The third kappa shape index (κ3) is 14.4. The SMILES string of the molecule is CCCCCCCn1c(CO)n[nH]c1=S.CCN(CC)CCn1cn[nH]c1=S.Cc1nnc(CO)n1-c1ccccc1.Cn1c(CO)n[nH]c1=S. The number of H-pyrrole nitrogens is 3. The van der Waals surface area contributed by atoms with Crippen LogP contribution in [0.15, 0.2) is 36.7 Å². The molecule has 0 amide bonds. The predicted molar refractivity (Wildman–Crippen MR) is 204 cm³/mol. The number of aliphatic hydroxyl groups is 3. The molecule has 0 saturated carbocycles. The highest BCUT2D eigenvalue weighted by Gasteiger charge is 2.08. The number of para-hydroxylation sites is 1. The summed E-state index contributed by atoms with van der Waals surface area (Å²) in [4.78, 5) is 2.36. The Bertz CT molecular complexity index is 1820. The maximum Gasteiger partial charge on any atom is 0.195 e. The molecule has 0 radical (unpaired) electrons. The second-order valence-electron chi connectivity index (χ2n) is 11.2. The van der Waals surface area contributed by atoms with E-state index in [1.807, 2.05) is 51.0 Å². The zero-order valence-corrected chi connectivity index (χ0v) is 32.6. The molecule has 0 fully saturated rings. The number of unbranched alkanes of at least 4 members (excludes halogenated alkanes) is 4. The molecule has 0 saturated heterocycles. The van der Waals surface area contributed by atoms with Crippen LogP contribution in [-0.4, -0.2) is 98.9 Å². The first-order chi connectivity index (χ1) is 24.6. The fraction of sp³-hybridized carbons (Fsp3) is 0.562. The van der Waals surface area contributed by atoms with Crippen molar-refractivity contribution in [3.8, 4) is 5.69 Å². The van der Waals surface area contributed by atoms with Gasteiger partial charge >= 0.3 is 0 Å². The van der Waals surface area contributed by atoms with Crippen LogP contribution in [0, 0.1) is 21.2 Å². The van der Waals surface area contributed by atoms with Gasteiger partial charge in [-0.15, -0.1) is 10.2 Å². The van der Waals surface area contributed by atoms with Crippen molar-refractivity contribution in [1.29, 1.82) is 0 Å². The van der Waals surface area contributed by atoms with Gasteiger partial charge in [0, 0.05) is 32.4 Å². The number of hydrogen-bond donors (Lipinski definition) is 6. The van der Waals surface area contributed by atoms with E-state index >= 15 is 0 Å². The number of nitrogens with one attached hydrogen (secondary N) is 3. The number of aryl methyl sites for hydroxylation is 1. The summed E-state index contributed by atoms with van der Waals surface area (Å²) in [6, 6.07) is 9.73. The summed E-state index contributed by atoms with van der Waals surface area (Å²) in [5, 5.41) is 54.0. The van der Waals surface area contributed by atoms with Crippen molar-refractivity contribution in [2.45, 2.75) is 92.7 Å². The largest absolute Gasteiger partial charge is 0.388 e. The summed E-state index contributed by atoms with van der Waals surface area (Å²) in [7, 11) is 1.75. The molecule has 19 heteroatoms. The Balaban J connectivity index is 0.000000239. The first kappa shape index (κ1) is 43.4. The zero-order chi connectivity index (χ0) is 37.6. The highest BCUT2D eigenvalue weighted by Crippen LogP contribution is 2.12. The second-order valence-corrected chi connectivity index (χ2v) is 12.4. The van der Waals surface area contributed by atoms with Crippen LogP contribution in [0.3, 0.4) is 0 Å². The smallest absolute Gasteiger partial charge is 0.195 e. The first-order valence-electron chi connectivity index (χ1n) is 17.0. The van der Waals surface area contributed by atoms with Gasteiger partial charge in [0.1, 0.15) is 32.0 Å². The van der Waals surface area contributed by atoms with Gasteiger partial charge in [-0.05, 0) is 75.2 Å². The van der Waals surface area contributed by atoms with E-state index in [2.05, 4.69) is 66.5 Å². The molecule has 16 nitrogen and oxygen atoms in total. The van der Waals surface area contributed by atoms with Crippen molar-refractivity contribution < 1.29 is 15.3 Å². The highest BCUT2D eigenvalue weighted by atomic mass is 32.1. The Kier molecular flexibility index (Phi) is 20.8. The van der Waals surface area contributed by atoms with E-state index in [9.17, 15) is 0 Å². The van der Waals surface area contributed by atoms with Crippen molar-refractivity contribution in [3.63, 3.8) is 0 Å². The molecule has 4 aromatic heterocycles. The van der Waals surface area contributed by atoms with E-state index in [-0.39, 0.29) is 19.8 Å². The molecule has 0 bridgehead atoms. The molecule has 1 aromatic carbocycles. The number of aliphatic hydroxyl groups excluding tert-OH is 3. The Hall–Kier alpha value is -3.72. The van der Waals surface area contributed by atoms with Crippen LogP contribution in [0.1, 0.15) is 76.2 Å². The zero-order valence-electron chi connectivity index (χ0n) is 30.2. The van der Waals surface area contributed by atoms with Crippen LogP contribution in [0.4, 0.5) is 0 Å². The van der Waals surface area contributed by atoms with Crippen molar-refractivity contribution in [2.75, 3.05) is 19.6 Å². The lowest BCUT2D eigenvalue weighted by atomic mass is 10.1. The lowest BCUT2D eigenvalue weighted by Crippen LogP contribution is -2.26. The Morgan fingerprint density at radius 3 is 1.88 bits per heavy atom. The molecule has 5 rings (SSSR count). The predicted octanol–water partition coefficient (Wildman–Crippen LogP) is 4.72. The third-order valence-electron chi connectivity index (χ3n) is 7.80. The molecule has 0 atom stereocenters. The van der Waals surface area contributed by atoms with Crippen LogP contribution in [0.25, 0.3) is 5.69 Å². The normalized spacial score (nSPS) is 10.6. The number of likely N-dealkylation sites (N-methyl/N-ethyl adjacent to an activating group) is 1. The number of hydrogen-bond acceptors (Lipinski definition) is 12. The molecular formula is C32H53N13O3S3. The summed E-state index contributed by atoms with van der Waals surface area (Å²) < 4.78 is 9.12. The average Bonchev–Trinajstić information content (AvgIpc) is 3.93. The van der Waals surface area contributed by atoms with E-state index < -0.39 is 0 Å². The molecule has 0 aliphatic carbocycles. The minimum absolute atomic E-state index is 0.0535. The molecule has 282 valence electrons. The molecule has 4 heterocycles. The number of rotatable bonds is 15. The number of nitrogens with zero attached hydrogens (tertiary/aromatic N) is 10. The number of benzene rings is 1. The van der Waals surface area contributed by atoms with Gasteiger partial charge < -0.3 is 33.9 Å². The minimum Gasteiger partial charge on any atom is -0.388 e. The summed E-state index contributed by atoms with van der Waals surface area (Å²) in [6.07, 6.45) is 7.88. The summed E-state index contributed by atoms with van der Waals surface area (Å²) in [6.45, 7) is 13.1. The fourth-order valence-electron chi connectivity index (χ4n) is 4.74. The minimum atomic E-state index is -0.101. The van der Waals surface area contributed by atoms with Gasteiger partial charge in [-0.25, -0.2) is 0 Å². The van der Waals surface area contributed by atoms with E-state index in [1.54, 1.807) is 17.9 Å². The van der Waals surface area contributed by atoms with Gasteiger partial charge in [-0.2, -0.15) is 15.3 Å². The summed E-state index contributed by atoms with van der Waals surface area (Å²) in [5.41, 5.74) is 0.971. The van der Waals surface area contributed by atoms with Gasteiger partial charge in [0.2, 0.25) is 0 Å². The molecule has 0 unspecified atom stereocenters. The Morgan fingerprint density at radius 2 is 1.35 bits per heavy atom.